The van der Waals surface area contributed by atoms with Gasteiger partial charge in [-0.15, -0.1) is 0 Å². The van der Waals surface area contributed by atoms with Crippen LogP contribution in [0.3, 0.4) is 0 Å². The van der Waals surface area contributed by atoms with Crippen LogP contribution in [0.5, 0.6) is 0 Å². The molecule has 3 atom stereocenters. The second-order valence-electron chi connectivity index (χ2n) is 9.04. The number of anilines is 1. The molecular formula is C26H30ClN4O3+. The molecule has 4 N–H and O–H groups in total. The van der Waals surface area contributed by atoms with E-state index in [0.29, 0.717) is 39.5 Å². The van der Waals surface area contributed by atoms with Crippen LogP contribution in [-0.2, 0) is 9.59 Å². The fourth-order valence-corrected chi connectivity index (χ4v) is 5.25. The number of carbonyl (C=O) groups excluding carboxylic acids is 2. The summed E-state index contributed by atoms with van der Waals surface area (Å²) in [6, 6.07) is 8.26. The van der Waals surface area contributed by atoms with Gasteiger partial charge in [-0.2, -0.15) is 0 Å². The molecule has 2 fully saturated rings. The molecule has 2 amide bonds. The number of likely N-dealkylation sites (N-methyl/N-ethyl adjacent to an activating group) is 1. The fraction of sp³-hybridized carbons (Fsp3) is 0.346. The van der Waals surface area contributed by atoms with Crippen molar-refractivity contribution in [1.29, 1.82) is 0 Å². The van der Waals surface area contributed by atoms with Crippen LogP contribution in [0.4, 0.5) is 5.69 Å². The smallest absolute Gasteiger partial charge is 0.268 e. The Balaban J connectivity index is 1.51. The third kappa shape index (κ3) is 4.94. The summed E-state index contributed by atoms with van der Waals surface area (Å²) in [5.41, 5.74) is 3.12. The summed E-state index contributed by atoms with van der Waals surface area (Å²) in [7, 11) is 1.66. The van der Waals surface area contributed by atoms with Gasteiger partial charge in [0.2, 0.25) is 17.8 Å². The van der Waals surface area contributed by atoms with Crippen LogP contribution in [0, 0.1) is 24.7 Å². The van der Waals surface area contributed by atoms with Gasteiger partial charge >= 0.3 is 0 Å². The monoisotopic (exact) mass is 481 g/mol. The van der Waals surface area contributed by atoms with Crippen molar-refractivity contribution in [3.8, 4) is 11.1 Å². The van der Waals surface area contributed by atoms with Gasteiger partial charge in [-0.25, -0.2) is 0 Å². The molecule has 0 radical (unpaired) electrons. The SMILES string of the molecule is C=C/C=C(\NC)C(=O)NC(C(=O)Nc1ccc(-c2c(Cl)cc[n+](O)c2C)cc1)C1CC2CC2C1. The molecule has 4 rings (SSSR count). The van der Waals surface area contributed by atoms with Crippen molar-refractivity contribution < 1.29 is 19.5 Å². The summed E-state index contributed by atoms with van der Waals surface area (Å²) >= 11 is 6.35. The van der Waals surface area contributed by atoms with E-state index < -0.39 is 6.04 Å². The van der Waals surface area contributed by atoms with Crippen LogP contribution >= 0.6 is 11.6 Å². The summed E-state index contributed by atoms with van der Waals surface area (Å²) in [5.74, 6) is 0.905. The zero-order chi connectivity index (χ0) is 24.4. The van der Waals surface area contributed by atoms with E-state index in [2.05, 4.69) is 22.5 Å². The van der Waals surface area contributed by atoms with Crippen LogP contribution in [0.1, 0.15) is 25.0 Å². The van der Waals surface area contributed by atoms with Crippen molar-refractivity contribution in [2.45, 2.75) is 32.2 Å². The predicted molar refractivity (Wildman–Crippen MR) is 131 cm³/mol. The highest BCUT2D eigenvalue weighted by atomic mass is 35.5. The minimum absolute atomic E-state index is 0.111. The number of nitrogens with zero attached hydrogens (tertiary/aromatic N) is 1. The number of fused-ring (bicyclic) bond motifs is 1. The van der Waals surface area contributed by atoms with E-state index in [1.807, 2.05) is 12.1 Å². The summed E-state index contributed by atoms with van der Waals surface area (Å²) < 4.78 is 1.02. The molecule has 0 spiro atoms. The van der Waals surface area contributed by atoms with Crippen molar-refractivity contribution in [3.05, 3.63) is 71.7 Å². The first-order valence-electron chi connectivity index (χ1n) is 11.4. The van der Waals surface area contributed by atoms with Crippen LogP contribution in [-0.4, -0.2) is 30.1 Å². The van der Waals surface area contributed by atoms with Crippen LogP contribution in [0.2, 0.25) is 5.02 Å². The average Bonchev–Trinajstić information content (AvgIpc) is 3.44. The lowest BCUT2D eigenvalue weighted by Gasteiger charge is -2.25. The Morgan fingerprint density at radius 1 is 1.18 bits per heavy atom. The number of pyridine rings is 1. The Morgan fingerprint density at radius 3 is 2.47 bits per heavy atom. The first-order chi connectivity index (χ1) is 16.3. The molecule has 0 aliphatic heterocycles. The molecule has 1 aromatic heterocycles. The molecular weight excluding hydrogens is 452 g/mol. The molecule has 1 heterocycles. The fourth-order valence-electron chi connectivity index (χ4n) is 4.95. The lowest BCUT2D eigenvalue weighted by molar-refractivity contribution is -0.908. The van der Waals surface area contributed by atoms with Gasteiger partial charge in [-0.1, -0.05) is 36.4 Å². The summed E-state index contributed by atoms with van der Waals surface area (Å²) in [5, 5.41) is 19.2. The number of allylic oxidation sites excluding steroid dienone is 2. The van der Waals surface area contributed by atoms with Crippen molar-refractivity contribution in [3.63, 3.8) is 0 Å². The quantitative estimate of drug-likeness (QED) is 0.200. The first-order valence-corrected chi connectivity index (χ1v) is 11.8. The van der Waals surface area contributed by atoms with E-state index in [0.717, 1.165) is 23.1 Å². The van der Waals surface area contributed by atoms with E-state index in [-0.39, 0.29) is 17.7 Å². The number of aromatic nitrogens is 1. The second kappa shape index (κ2) is 9.89. The molecule has 2 aliphatic carbocycles. The van der Waals surface area contributed by atoms with E-state index >= 15 is 0 Å². The minimum atomic E-state index is -0.624. The zero-order valence-corrected chi connectivity index (χ0v) is 20.1. The molecule has 2 aliphatic rings. The van der Waals surface area contributed by atoms with Crippen molar-refractivity contribution in [2.75, 3.05) is 12.4 Å². The second-order valence-corrected chi connectivity index (χ2v) is 9.45. The minimum Gasteiger partial charge on any atom is -0.384 e. The molecule has 8 heteroatoms. The Hall–Kier alpha value is -3.32. The van der Waals surface area contributed by atoms with Crippen molar-refractivity contribution in [2.24, 2.45) is 17.8 Å². The largest absolute Gasteiger partial charge is 0.384 e. The summed E-state index contributed by atoms with van der Waals surface area (Å²) in [4.78, 5) is 26.1. The highest BCUT2D eigenvalue weighted by Crippen LogP contribution is 2.55. The number of halogens is 1. The van der Waals surface area contributed by atoms with Crippen LogP contribution in [0.15, 0.2) is 61.0 Å². The average molecular weight is 482 g/mol. The molecule has 0 saturated heterocycles. The van der Waals surface area contributed by atoms with Gasteiger partial charge in [0.25, 0.3) is 5.91 Å². The van der Waals surface area contributed by atoms with Gasteiger partial charge < -0.3 is 16.0 Å². The summed E-state index contributed by atoms with van der Waals surface area (Å²) in [6.07, 6.45) is 7.74. The van der Waals surface area contributed by atoms with Crippen molar-refractivity contribution >= 4 is 29.1 Å². The molecule has 2 aromatic rings. The highest BCUT2D eigenvalue weighted by molar-refractivity contribution is 6.33. The first kappa shape index (κ1) is 23.8. The third-order valence-electron chi connectivity index (χ3n) is 6.87. The number of amides is 2. The Bertz CT molecular complexity index is 1140. The molecule has 34 heavy (non-hydrogen) atoms. The lowest BCUT2D eigenvalue weighted by Crippen LogP contribution is -2.49. The number of hydrogen-bond acceptors (Lipinski definition) is 4. The van der Waals surface area contributed by atoms with E-state index in [9.17, 15) is 14.8 Å². The van der Waals surface area contributed by atoms with E-state index in [1.165, 1.54) is 18.7 Å². The maximum Gasteiger partial charge on any atom is 0.268 e. The predicted octanol–water partition coefficient (Wildman–Crippen LogP) is 3.60. The molecule has 1 aromatic carbocycles. The zero-order valence-electron chi connectivity index (χ0n) is 19.3. The Labute approximate surface area is 204 Å². The standard InChI is InChI=1S/C26H29ClN4O3/c1-4-5-22(28-3)25(32)30-24(19-13-17-12-18(17)14-19)26(33)29-20-8-6-16(7-9-20)23-15(2)31(34)11-10-21(23)27/h4-11,17-19,24,28H,1,12-14H2,2-3H3,(H2-,29,30,32,33,34)/p+1/b22-5-. The molecule has 7 nitrogen and oxygen atoms in total. The Kier molecular flexibility index (Phi) is 6.93. The van der Waals surface area contributed by atoms with Gasteiger partial charge in [0.05, 0.1) is 16.3 Å². The number of carbonyl (C=O) groups is 2. The Morgan fingerprint density at radius 2 is 1.85 bits per heavy atom. The van der Waals surface area contributed by atoms with Crippen molar-refractivity contribution in [1.82, 2.24) is 10.6 Å². The molecule has 178 valence electrons. The van der Waals surface area contributed by atoms with Gasteiger partial charge in [-0.3, -0.25) is 14.8 Å². The highest BCUT2D eigenvalue weighted by Gasteiger charge is 2.49. The molecule has 0 bridgehead atoms. The van der Waals surface area contributed by atoms with Gasteiger partial charge in [0.1, 0.15) is 6.04 Å². The number of hydrogen-bond donors (Lipinski definition) is 4. The maximum atomic E-state index is 13.3. The lowest BCUT2D eigenvalue weighted by atomic mass is 9.93. The summed E-state index contributed by atoms with van der Waals surface area (Å²) in [6.45, 7) is 5.41. The topological polar surface area (TPSA) is 94.3 Å². The van der Waals surface area contributed by atoms with Gasteiger partial charge in [0, 0.05) is 30.5 Å². The van der Waals surface area contributed by atoms with Crippen LogP contribution in [0.25, 0.3) is 11.1 Å². The van der Waals surface area contributed by atoms with Gasteiger partial charge in [0.15, 0.2) is 0 Å². The van der Waals surface area contributed by atoms with Crippen LogP contribution < -0.4 is 20.7 Å². The van der Waals surface area contributed by atoms with E-state index in [1.54, 1.807) is 38.2 Å². The molecule has 2 saturated carbocycles. The number of benzene rings is 1. The maximum absolute atomic E-state index is 13.3. The third-order valence-corrected chi connectivity index (χ3v) is 7.18. The number of rotatable bonds is 8. The molecule has 3 unspecified atom stereocenters. The van der Waals surface area contributed by atoms with E-state index in [4.69, 9.17) is 11.6 Å². The van der Waals surface area contributed by atoms with Gasteiger partial charge in [-0.05, 0) is 60.8 Å². The normalized spacial score (nSPS) is 21.9. The number of nitrogens with one attached hydrogen (secondary N) is 3.